The van der Waals surface area contributed by atoms with E-state index in [2.05, 4.69) is 11.8 Å². The van der Waals surface area contributed by atoms with Crippen LogP contribution in [0.5, 0.6) is 5.75 Å². The molecule has 2 heterocycles. The number of carboxylic acids is 1. The number of benzene rings is 1. The average Bonchev–Trinajstić information content (AvgIpc) is 3.28. The number of sulfonamides is 1. The summed E-state index contributed by atoms with van der Waals surface area (Å²) in [5, 5.41) is 9.66. The normalized spacial score (nSPS) is 19.8. The van der Waals surface area contributed by atoms with E-state index in [9.17, 15) is 23.1 Å². The Morgan fingerprint density at radius 1 is 1.10 bits per heavy atom. The van der Waals surface area contributed by atoms with Gasteiger partial charge < -0.3 is 19.6 Å². The van der Waals surface area contributed by atoms with Gasteiger partial charge in [0.2, 0.25) is 10.0 Å². The maximum atomic E-state index is 13.1. The lowest BCUT2D eigenvalue weighted by molar-refractivity contribution is -0.142. The average molecular weight is 436 g/mol. The second-order valence-corrected chi connectivity index (χ2v) is 8.97. The molecule has 0 aliphatic carbocycles. The largest absolute Gasteiger partial charge is 0.481 e. The third-order valence-corrected chi connectivity index (χ3v) is 7.10. The number of nitrogens with zero attached hydrogens (tertiary/aromatic N) is 3. The third kappa shape index (κ3) is 4.68. The number of hydrogen-bond acceptors (Lipinski definition) is 5. The predicted molar refractivity (Wildman–Crippen MR) is 108 cm³/mol. The van der Waals surface area contributed by atoms with Crippen molar-refractivity contribution in [3.8, 4) is 17.6 Å². The summed E-state index contributed by atoms with van der Waals surface area (Å²) in [5.41, 5.74) is 0. The highest BCUT2D eigenvalue weighted by molar-refractivity contribution is 7.89. The monoisotopic (exact) mass is 435 g/mol. The molecule has 0 radical (unpaired) electrons. The Bertz CT molecular complexity index is 945. The number of piperazine rings is 1. The molecule has 1 N–H and O–H groups in total. The van der Waals surface area contributed by atoms with Crippen LogP contribution in [0, 0.1) is 11.8 Å². The fraction of sp³-hybridized carbons (Fsp3) is 0.500. The molecule has 0 saturated carbocycles. The smallest absolute Gasteiger partial charge is 0.323 e. The molecule has 2 aliphatic heterocycles. The van der Waals surface area contributed by atoms with E-state index in [0.717, 1.165) is 17.1 Å². The van der Waals surface area contributed by atoms with Gasteiger partial charge in [-0.3, -0.25) is 4.79 Å². The second kappa shape index (κ2) is 9.36. The van der Waals surface area contributed by atoms with Crippen molar-refractivity contribution in [3.63, 3.8) is 0 Å². The van der Waals surface area contributed by atoms with E-state index in [-0.39, 0.29) is 37.2 Å². The van der Waals surface area contributed by atoms with Crippen LogP contribution < -0.4 is 4.74 Å². The molecular formula is C20H25N3O6S. The van der Waals surface area contributed by atoms with Gasteiger partial charge in [-0.15, -0.1) is 5.92 Å². The third-order valence-electron chi connectivity index (χ3n) is 5.18. The quantitative estimate of drug-likeness (QED) is 0.693. The number of likely N-dealkylation sites (tertiary alicyclic amines) is 1. The van der Waals surface area contributed by atoms with Crippen molar-refractivity contribution in [1.29, 1.82) is 0 Å². The number of rotatable bonds is 5. The highest BCUT2D eigenvalue weighted by Crippen LogP contribution is 2.25. The topological polar surface area (TPSA) is 107 Å². The number of ether oxygens (including phenoxy) is 1. The van der Waals surface area contributed by atoms with Crippen molar-refractivity contribution < 1.29 is 27.9 Å². The van der Waals surface area contributed by atoms with E-state index in [4.69, 9.17) is 4.74 Å². The van der Waals surface area contributed by atoms with Gasteiger partial charge >= 0.3 is 12.0 Å². The van der Waals surface area contributed by atoms with Crippen molar-refractivity contribution in [2.45, 2.75) is 30.7 Å². The molecule has 0 bridgehead atoms. The minimum absolute atomic E-state index is 0.0259. The Balaban J connectivity index is 1.75. The number of carbonyl (C=O) groups is 2. The summed E-state index contributed by atoms with van der Waals surface area (Å²) >= 11 is 0. The van der Waals surface area contributed by atoms with Gasteiger partial charge in [0.1, 0.15) is 18.4 Å². The number of amides is 2. The summed E-state index contributed by atoms with van der Waals surface area (Å²) in [5.74, 6) is 4.63. The van der Waals surface area contributed by atoms with E-state index in [0.29, 0.717) is 18.8 Å². The van der Waals surface area contributed by atoms with Crippen molar-refractivity contribution in [1.82, 2.24) is 14.1 Å². The van der Waals surface area contributed by atoms with Crippen LogP contribution in [-0.2, 0) is 14.8 Å². The Morgan fingerprint density at radius 2 is 1.77 bits per heavy atom. The molecule has 0 spiro atoms. The summed E-state index contributed by atoms with van der Waals surface area (Å²) in [4.78, 5) is 27.5. The zero-order chi connectivity index (χ0) is 21.7. The second-order valence-electron chi connectivity index (χ2n) is 7.08. The van der Waals surface area contributed by atoms with E-state index < -0.39 is 22.0 Å². The molecule has 1 atom stereocenters. The van der Waals surface area contributed by atoms with Crippen molar-refractivity contribution in [2.24, 2.45) is 0 Å². The van der Waals surface area contributed by atoms with Crippen LogP contribution in [0.2, 0.25) is 0 Å². The first-order chi connectivity index (χ1) is 14.3. The Kier molecular flexibility index (Phi) is 6.84. The lowest BCUT2D eigenvalue weighted by Crippen LogP contribution is -2.60. The molecule has 10 heteroatoms. The number of carboxylic acid groups (broad SMARTS) is 1. The number of urea groups is 1. The molecule has 2 aliphatic rings. The standard InChI is InChI=1S/C20H25N3O6S/c1-2-3-14-29-16-6-8-17(9-7-16)30(27,28)23-13-12-22(15-18(23)19(24)25)20(26)21-10-4-5-11-21/h6-9,18H,4-5,10-15H2,1H3,(H,24,25). The summed E-state index contributed by atoms with van der Waals surface area (Å²) in [7, 11) is -4.05. The Morgan fingerprint density at radius 3 is 2.37 bits per heavy atom. The summed E-state index contributed by atoms with van der Waals surface area (Å²) in [6.45, 7) is 3.06. The van der Waals surface area contributed by atoms with E-state index >= 15 is 0 Å². The van der Waals surface area contributed by atoms with Crippen LogP contribution in [0.15, 0.2) is 29.2 Å². The molecule has 1 aromatic carbocycles. The molecule has 2 saturated heterocycles. The zero-order valence-corrected chi connectivity index (χ0v) is 17.6. The lowest BCUT2D eigenvalue weighted by atomic mass is 10.2. The highest BCUT2D eigenvalue weighted by Gasteiger charge is 2.42. The van der Waals surface area contributed by atoms with Crippen LogP contribution in [0.1, 0.15) is 19.8 Å². The molecule has 2 fully saturated rings. The predicted octanol–water partition coefficient (Wildman–Crippen LogP) is 1.06. The molecule has 9 nitrogen and oxygen atoms in total. The summed E-state index contributed by atoms with van der Waals surface area (Å²) < 4.78 is 32.5. The fourth-order valence-corrected chi connectivity index (χ4v) is 5.14. The van der Waals surface area contributed by atoms with Gasteiger partial charge in [0, 0.05) is 32.7 Å². The van der Waals surface area contributed by atoms with E-state index in [1.54, 1.807) is 11.8 Å². The van der Waals surface area contributed by atoms with Crippen LogP contribution in [-0.4, -0.2) is 85.0 Å². The van der Waals surface area contributed by atoms with Gasteiger partial charge in [-0.05, 0) is 44.0 Å². The molecule has 162 valence electrons. The fourth-order valence-electron chi connectivity index (χ4n) is 3.57. The molecule has 1 unspecified atom stereocenters. The molecule has 1 aromatic rings. The first-order valence-corrected chi connectivity index (χ1v) is 11.2. The van der Waals surface area contributed by atoms with Crippen molar-refractivity contribution in [2.75, 3.05) is 39.3 Å². The molecule has 0 aromatic heterocycles. The van der Waals surface area contributed by atoms with Crippen LogP contribution in [0.4, 0.5) is 4.79 Å². The summed E-state index contributed by atoms with van der Waals surface area (Å²) in [6, 6.07) is 4.20. The SMILES string of the molecule is CC#CCOc1ccc(S(=O)(=O)N2CCN(C(=O)N3CCCC3)CC2C(=O)O)cc1. The molecule has 2 amide bonds. The highest BCUT2D eigenvalue weighted by atomic mass is 32.2. The van der Waals surface area contributed by atoms with Gasteiger partial charge in [-0.1, -0.05) is 5.92 Å². The minimum Gasteiger partial charge on any atom is -0.481 e. The number of aliphatic carboxylic acids is 1. The number of hydrogen-bond donors (Lipinski definition) is 1. The lowest BCUT2D eigenvalue weighted by Gasteiger charge is -2.39. The van der Waals surface area contributed by atoms with Crippen molar-refractivity contribution >= 4 is 22.0 Å². The first-order valence-electron chi connectivity index (χ1n) is 9.75. The summed E-state index contributed by atoms with van der Waals surface area (Å²) in [6.07, 6.45) is 1.85. The molecular weight excluding hydrogens is 410 g/mol. The van der Waals surface area contributed by atoms with Crippen LogP contribution >= 0.6 is 0 Å². The van der Waals surface area contributed by atoms with Gasteiger partial charge in [-0.2, -0.15) is 4.31 Å². The van der Waals surface area contributed by atoms with Gasteiger partial charge in [-0.25, -0.2) is 13.2 Å². The van der Waals surface area contributed by atoms with Gasteiger partial charge in [0.15, 0.2) is 0 Å². The van der Waals surface area contributed by atoms with Gasteiger partial charge in [0.05, 0.1) is 4.90 Å². The first kappa shape index (κ1) is 21.9. The van der Waals surface area contributed by atoms with Crippen LogP contribution in [0.3, 0.4) is 0 Å². The van der Waals surface area contributed by atoms with Crippen molar-refractivity contribution in [3.05, 3.63) is 24.3 Å². The maximum Gasteiger partial charge on any atom is 0.323 e. The van der Waals surface area contributed by atoms with E-state index in [1.165, 1.54) is 29.2 Å². The molecule has 3 rings (SSSR count). The zero-order valence-electron chi connectivity index (χ0n) is 16.8. The molecule has 30 heavy (non-hydrogen) atoms. The Labute approximate surface area is 176 Å². The number of carbonyl (C=O) groups excluding carboxylic acids is 1. The maximum absolute atomic E-state index is 13.1. The minimum atomic E-state index is -4.05. The Hall–Kier alpha value is -2.77. The van der Waals surface area contributed by atoms with Crippen LogP contribution in [0.25, 0.3) is 0 Å². The van der Waals surface area contributed by atoms with E-state index in [1.807, 2.05) is 0 Å². The van der Waals surface area contributed by atoms with Gasteiger partial charge in [0.25, 0.3) is 0 Å².